The van der Waals surface area contributed by atoms with Gasteiger partial charge in [-0.1, -0.05) is 12.1 Å². The lowest BCUT2D eigenvalue weighted by atomic mass is 10.3. The lowest BCUT2D eigenvalue weighted by Gasteiger charge is -2.19. The van der Waals surface area contributed by atoms with Crippen molar-refractivity contribution in [3.8, 4) is 5.88 Å². The lowest BCUT2D eigenvalue weighted by molar-refractivity contribution is 0.327. The molecule has 3 rings (SSSR count). The van der Waals surface area contributed by atoms with Crippen molar-refractivity contribution in [2.75, 3.05) is 24.6 Å². The van der Waals surface area contributed by atoms with Gasteiger partial charge in [-0.25, -0.2) is 9.97 Å². The van der Waals surface area contributed by atoms with Crippen molar-refractivity contribution in [2.24, 2.45) is 5.73 Å². The van der Waals surface area contributed by atoms with Gasteiger partial charge in [-0.3, -0.25) is 0 Å². The Morgan fingerprint density at radius 2 is 2.05 bits per heavy atom. The number of benzene rings is 1. The van der Waals surface area contributed by atoms with Crippen LogP contribution in [0.25, 0.3) is 11.0 Å². The molecule has 0 saturated carbocycles. The second-order valence-electron chi connectivity index (χ2n) is 4.77. The Morgan fingerprint density at radius 3 is 2.68 bits per heavy atom. The van der Waals surface area contributed by atoms with E-state index in [-0.39, 0.29) is 6.04 Å². The summed E-state index contributed by atoms with van der Waals surface area (Å²) in [5.74, 6) is 1.42. The Bertz CT molecular complexity index is 587. The van der Waals surface area contributed by atoms with E-state index in [0.717, 1.165) is 36.4 Å². The minimum absolute atomic E-state index is 0.211. The zero-order chi connectivity index (χ0) is 13.2. The van der Waals surface area contributed by atoms with Crippen LogP contribution in [-0.2, 0) is 0 Å². The first kappa shape index (κ1) is 12.2. The third kappa shape index (κ3) is 2.33. The van der Waals surface area contributed by atoms with Crippen molar-refractivity contribution in [3.63, 3.8) is 0 Å². The highest BCUT2D eigenvalue weighted by atomic mass is 16.5. The van der Waals surface area contributed by atoms with Crippen LogP contribution >= 0.6 is 0 Å². The molecule has 0 spiro atoms. The van der Waals surface area contributed by atoms with Crippen molar-refractivity contribution in [2.45, 2.75) is 19.4 Å². The Kier molecular flexibility index (Phi) is 3.21. The van der Waals surface area contributed by atoms with Crippen LogP contribution in [0, 0.1) is 0 Å². The third-order valence-corrected chi connectivity index (χ3v) is 3.33. The molecule has 1 aliphatic heterocycles. The van der Waals surface area contributed by atoms with Crippen molar-refractivity contribution < 1.29 is 4.74 Å². The monoisotopic (exact) mass is 258 g/mol. The lowest BCUT2D eigenvalue weighted by Crippen LogP contribution is -2.27. The standard InChI is InChI=1S/C14H18N4O/c1-2-19-14-13(18-8-7-10(15)9-18)16-11-5-3-4-6-12(11)17-14/h3-6,10H,2,7-9,15H2,1H3. The molecule has 1 saturated heterocycles. The number of aromatic nitrogens is 2. The molecule has 0 bridgehead atoms. The van der Waals surface area contributed by atoms with E-state index in [1.807, 2.05) is 31.2 Å². The van der Waals surface area contributed by atoms with Crippen molar-refractivity contribution in [3.05, 3.63) is 24.3 Å². The molecule has 1 aromatic heterocycles. The molecule has 100 valence electrons. The molecule has 1 atom stereocenters. The van der Waals surface area contributed by atoms with Gasteiger partial charge in [0.05, 0.1) is 17.6 Å². The van der Waals surface area contributed by atoms with E-state index < -0.39 is 0 Å². The molecule has 2 heterocycles. The number of fused-ring (bicyclic) bond motifs is 1. The summed E-state index contributed by atoms with van der Waals surface area (Å²) in [6.07, 6.45) is 0.986. The molecule has 1 fully saturated rings. The molecule has 19 heavy (non-hydrogen) atoms. The van der Waals surface area contributed by atoms with E-state index in [9.17, 15) is 0 Å². The first-order chi connectivity index (χ1) is 9.28. The SMILES string of the molecule is CCOc1nc2ccccc2nc1N1CCC(N)C1. The van der Waals surface area contributed by atoms with Crippen LogP contribution in [0.5, 0.6) is 5.88 Å². The smallest absolute Gasteiger partial charge is 0.258 e. The molecule has 1 aromatic carbocycles. The fraction of sp³-hybridized carbons (Fsp3) is 0.429. The number of rotatable bonds is 3. The Morgan fingerprint density at radius 1 is 1.32 bits per heavy atom. The van der Waals surface area contributed by atoms with Gasteiger partial charge < -0.3 is 15.4 Å². The predicted molar refractivity (Wildman–Crippen MR) is 75.5 cm³/mol. The summed E-state index contributed by atoms with van der Waals surface area (Å²) in [5, 5.41) is 0. The molecule has 1 aliphatic rings. The summed E-state index contributed by atoms with van der Waals surface area (Å²) in [5.41, 5.74) is 7.72. The highest BCUT2D eigenvalue weighted by molar-refractivity contribution is 5.77. The quantitative estimate of drug-likeness (QED) is 0.905. The van der Waals surface area contributed by atoms with E-state index in [4.69, 9.17) is 15.5 Å². The van der Waals surface area contributed by atoms with Crippen LogP contribution in [-0.4, -0.2) is 35.7 Å². The van der Waals surface area contributed by atoms with Gasteiger partial charge in [-0.2, -0.15) is 0 Å². The molecule has 2 N–H and O–H groups in total. The van der Waals surface area contributed by atoms with Gasteiger partial charge in [0, 0.05) is 19.1 Å². The number of nitrogens with zero attached hydrogens (tertiary/aromatic N) is 3. The van der Waals surface area contributed by atoms with Crippen molar-refractivity contribution in [1.29, 1.82) is 0 Å². The van der Waals surface area contributed by atoms with E-state index in [2.05, 4.69) is 9.88 Å². The maximum atomic E-state index is 5.97. The second kappa shape index (κ2) is 5.01. The number of ether oxygens (including phenoxy) is 1. The van der Waals surface area contributed by atoms with Crippen LogP contribution in [0.2, 0.25) is 0 Å². The van der Waals surface area contributed by atoms with Gasteiger partial charge in [0.15, 0.2) is 5.82 Å². The summed E-state index contributed by atoms with van der Waals surface area (Å²) in [7, 11) is 0. The summed E-state index contributed by atoms with van der Waals surface area (Å²) < 4.78 is 5.64. The van der Waals surface area contributed by atoms with Gasteiger partial charge in [0.1, 0.15) is 0 Å². The maximum absolute atomic E-state index is 5.97. The minimum Gasteiger partial charge on any atom is -0.475 e. The van der Waals surface area contributed by atoms with Crippen molar-refractivity contribution >= 4 is 16.9 Å². The van der Waals surface area contributed by atoms with E-state index in [1.165, 1.54) is 0 Å². The molecule has 5 nitrogen and oxygen atoms in total. The van der Waals surface area contributed by atoms with Crippen LogP contribution < -0.4 is 15.4 Å². The summed E-state index contributed by atoms with van der Waals surface area (Å²) in [4.78, 5) is 11.4. The van der Waals surface area contributed by atoms with Crippen molar-refractivity contribution in [1.82, 2.24) is 9.97 Å². The third-order valence-electron chi connectivity index (χ3n) is 3.33. The zero-order valence-electron chi connectivity index (χ0n) is 11.0. The first-order valence-corrected chi connectivity index (χ1v) is 6.68. The Hall–Kier alpha value is -1.88. The molecule has 2 aromatic rings. The van der Waals surface area contributed by atoms with Gasteiger partial charge in [-0.15, -0.1) is 0 Å². The largest absolute Gasteiger partial charge is 0.475 e. The summed E-state index contributed by atoms with van der Waals surface area (Å²) >= 11 is 0. The van der Waals surface area contributed by atoms with Gasteiger partial charge in [0.2, 0.25) is 0 Å². The first-order valence-electron chi connectivity index (χ1n) is 6.68. The number of nitrogens with two attached hydrogens (primary N) is 1. The van der Waals surface area contributed by atoms with E-state index in [0.29, 0.717) is 12.5 Å². The summed E-state index contributed by atoms with van der Waals surface area (Å²) in [6, 6.07) is 8.06. The molecule has 0 aliphatic carbocycles. The average molecular weight is 258 g/mol. The normalized spacial score (nSPS) is 19.1. The van der Waals surface area contributed by atoms with Crippen LogP contribution in [0.3, 0.4) is 0 Å². The number of hydrogen-bond acceptors (Lipinski definition) is 5. The Balaban J connectivity index is 2.07. The topological polar surface area (TPSA) is 64.3 Å². The fourth-order valence-corrected chi connectivity index (χ4v) is 2.39. The fourth-order valence-electron chi connectivity index (χ4n) is 2.39. The number of anilines is 1. The molecule has 5 heteroatoms. The molecular formula is C14H18N4O. The maximum Gasteiger partial charge on any atom is 0.258 e. The molecule has 0 amide bonds. The highest BCUT2D eigenvalue weighted by Gasteiger charge is 2.24. The molecule has 1 unspecified atom stereocenters. The van der Waals surface area contributed by atoms with Crippen LogP contribution in [0.1, 0.15) is 13.3 Å². The molecular weight excluding hydrogens is 240 g/mol. The number of para-hydroxylation sites is 2. The average Bonchev–Trinajstić information content (AvgIpc) is 2.85. The Labute approximate surface area is 112 Å². The van der Waals surface area contributed by atoms with Crippen LogP contribution in [0.4, 0.5) is 5.82 Å². The van der Waals surface area contributed by atoms with Gasteiger partial charge in [-0.05, 0) is 25.5 Å². The summed E-state index contributed by atoms with van der Waals surface area (Å²) in [6.45, 7) is 4.26. The van der Waals surface area contributed by atoms with Crippen LogP contribution in [0.15, 0.2) is 24.3 Å². The van der Waals surface area contributed by atoms with E-state index in [1.54, 1.807) is 0 Å². The minimum atomic E-state index is 0.211. The van der Waals surface area contributed by atoms with E-state index >= 15 is 0 Å². The zero-order valence-corrected chi connectivity index (χ0v) is 11.0. The highest BCUT2D eigenvalue weighted by Crippen LogP contribution is 2.29. The number of hydrogen-bond donors (Lipinski definition) is 1. The van der Waals surface area contributed by atoms with Gasteiger partial charge >= 0.3 is 0 Å². The molecule has 0 radical (unpaired) electrons. The van der Waals surface area contributed by atoms with Gasteiger partial charge in [0.25, 0.3) is 5.88 Å². The second-order valence-corrected chi connectivity index (χ2v) is 4.77. The predicted octanol–water partition coefficient (Wildman–Crippen LogP) is 1.57.